The second kappa shape index (κ2) is 6.11. The van der Waals surface area contributed by atoms with Crippen molar-refractivity contribution >= 4 is 23.3 Å². The summed E-state index contributed by atoms with van der Waals surface area (Å²) in [5.74, 6) is -0.600. The van der Waals surface area contributed by atoms with Crippen molar-refractivity contribution in [3.63, 3.8) is 0 Å². The Morgan fingerprint density at radius 3 is 2.75 bits per heavy atom. The molecular formula is C19H18ClNO3. The lowest BCUT2D eigenvalue weighted by Crippen LogP contribution is -2.36. The molecule has 2 N–H and O–H groups in total. The highest BCUT2D eigenvalue weighted by Crippen LogP contribution is 2.49. The minimum absolute atomic E-state index is 0.0258. The standard InChI is InChI=1S/C19H18ClNO3/c20-13-7-8-16-15(10-13)18-14(2-1-9-24-18)17(21-16)11-3-5-12(6-4-11)19(22)23/h3-8,10,14,17-18,21H,1-2,9H2,(H,22,23)/t14-,17+,18-/m1/s1. The number of halogens is 1. The number of fused-ring (bicyclic) bond motifs is 3. The number of hydrogen-bond donors (Lipinski definition) is 2. The molecule has 3 atom stereocenters. The highest BCUT2D eigenvalue weighted by molar-refractivity contribution is 6.30. The summed E-state index contributed by atoms with van der Waals surface area (Å²) in [5.41, 5.74) is 3.54. The number of carboxylic acids is 1. The average molecular weight is 344 g/mol. The first-order chi connectivity index (χ1) is 11.6. The van der Waals surface area contributed by atoms with Gasteiger partial charge < -0.3 is 15.2 Å². The van der Waals surface area contributed by atoms with Crippen molar-refractivity contribution in [1.29, 1.82) is 0 Å². The Balaban J connectivity index is 1.73. The Hall–Kier alpha value is -2.04. The van der Waals surface area contributed by atoms with Gasteiger partial charge in [-0.3, -0.25) is 0 Å². The third kappa shape index (κ3) is 2.66. The number of ether oxygens (including phenoxy) is 1. The van der Waals surface area contributed by atoms with Gasteiger partial charge in [-0.1, -0.05) is 23.7 Å². The van der Waals surface area contributed by atoms with Crippen LogP contribution in [0.15, 0.2) is 42.5 Å². The van der Waals surface area contributed by atoms with Crippen molar-refractivity contribution in [3.05, 3.63) is 64.2 Å². The zero-order chi connectivity index (χ0) is 16.7. The van der Waals surface area contributed by atoms with Crippen molar-refractivity contribution in [2.45, 2.75) is 25.0 Å². The fourth-order valence-electron chi connectivity index (χ4n) is 3.80. The van der Waals surface area contributed by atoms with Crippen LogP contribution in [0, 0.1) is 5.92 Å². The number of carboxylic acid groups (broad SMARTS) is 1. The first-order valence-electron chi connectivity index (χ1n) is 8.14. The van der Waals surface area contributed by atoms with Gasteiger partial charge in [-0.05, 0) is 48.7 Å². The molecule has 24 heavy (non-hydrogen) atoms. The zero-order valence-electron chi connectivity index (χ0n) is 13.0. The van der Waals surface area contributed by atoms with Gasteiger partial charge in [0.05, 0.1) is 17.7 Å². The number of aromatic carboxylic acids is 1. The molecule has 0 bridgehead atoms. The minimum atomic E-state index is -0.906. The molecule has 4 rings (SSSR count). The maximum Gasteiger partial charge on any atom is 0.335 e. The van der Waals surface area contributed by atoms with Crippen LogP contribution in [-0.2, 0) is 4.74 Å². The Labute approximate surface area is 145 Å². The van der Waals surface area contributed by atoms with Crippen LogP contribution >= 0.6 is 11.6 Å². The summed E-state index contributed by atoms with van der Waals surface area (Å²) in [4.78, 5) is 11.1. The lowest BCUT2D eigenvalue weighted by molar-refractivity contribution is -0.0381. The summed E-state index contributed by atoms with van der Waals surface area (Å²) in [6.07, 6.45) is 2.12. The molecule has 1 saturated heterocycles. The summed E-state index contributed by atoms with van der Waals surface area (Å²) in [7, 11) is 0. The second-order valence-corrected chi connectivity index (χ2v) is 6.81. The number of hydrogen-bond acceptors (Lipinski definition) is 3. The Kier molecular flexibility index (Phi) is 3.94. The van der Waals surface area contributed by atoms with Crippen LogP contribution in [0.25, 0.3) is 0 Å². The predicted octanol–water partition coefficient (Wildman–Crippen LogP) is 4.67. The largest absolute Gasteiger partial charge is 0.478 e. The van der Waals surface area contributed by atoms with Gasteiger partial charge in [0.15, 0.2) is 0 Å². The van der Waals surface area contributed by atoms with Gasteiger partial charge in [0.2, 0.25) is 0 Å². The molecule has 2 heterocycles. The second-order valence-electron chi connectivity index (χ2n) is 6.38. The SMILES string of the molecule is O=C(O)c1ccc([C@@H]2Nc3ccc(Cl)cc3[C@@H]3OCCC[C@H]23)cc1. The molecule has 0 unspecified atom stereocenters. The lowest BCUT2D eigenvalue weighted by Gasteiger charge is -2.43. The van der Waals surface area contributed by atoms with E-state index in [2.05, 4.69) is 5.32 Å². The molecule has 2 aromatic rings. The molecule has 0 radical (unpaired) electrons. The number of benzene rings is 2. The normalized spacial score (nSPS) is 25.3. The van der Waals surface area contributed by atoms with Crippen molar-refractivity contribution in [1.82, 2.24) is 0 Å². The van der Waals surface area contributed by atoms with E-state index in [9.17, 15) is 4.79 Å². The van der Waals surface area contributed by atoms with Crippen LogP contribution in [0.5, 0.6) is 0 Å². The Morgan fingerprint density at radius 2 is 2.00 bits per heavy atom. The fourth-order valence-corrected chi connectivity index (χ4v) is 3.99. The molecule has 124 valence electrons. The van der Waals surface area contributed by atoms with Crippen LogP contribution in [0.3, 0.4) is 0 Å². The lowest BCUT2D eigenvalue weighted by atomic mass is 9.77. The Morgan fingerprint density at radius 1 is 1.21 bits per heavy atom. The topological polar surface area (TPSA) is 58.6 Å². The fraction of sp³-hybridized carbons (Fsp3) is 0.316. The van der Waals surface area contributed by atoms with E-state index >= 15 is 0 Å². The monoisotopic (exact) mass is 343 g/mol. The Bertz CT molecular complexity index is 775. The zero-order valence-corrected chi connectivity index (χ0v) is 13.8. The van der Waals surface area contributed by atoms with Gasteiger partial charge in [-0.15, -0.1) is 0 Å². The summed E-state index contributed by atoms with van der Waals surface area (Å²) in [5, 5.41) is 13.4. The van der Waals surface area contributed by atoms with Crippen molar-refractivity contribution < 1.29 is 14.6 Å². The van der Waals surface area contributed by atoms with E-state index in [1.54, 1.807) is 12.1 Å². The number of nitrogens with one attached hydrogen (secondary N) is 1. The molecule has 0 spiro atoms. The number of carbonyl (C=O) groups is 1. The molecule has 2 aliphatic rings. The third-order valence-electron chi connectivity index (χ3n) is 4.94. The van der Waals surface area contributed by atoms with Crippen LogP contribution in [0.4, 0.5) is 5.69 Å². The van der Waals surface area contributed by atoms with Crippen LogP contribution in [-0.4, -0.2) is 17.7 Å². The van der Waals surface area contributed by atoms with Gasteiger partial charge in [-0.2, -0.15) is 0 Å². The van der Waals surface area contributed by atoms with E-state index in [-0.39, 0.29) is 12.1 Å². The molecule has 0 amide bonds. The van der Waals surface area contributed by atoms with Crippen LogP contribution in [0.1, 0.15) is 46.5 Å². The summed E-state index contributed by atoms with van der Waals surface area (Å²) in [6, 6.07) is 13.1. The van der Waals surface area contributed by atoms with Gasteiger partial charge in [0.25, 0.3) is 0 Å². The van der Waals surface area contributed by atoms with E-state index in [1.807, 2.05) is 30.3 Å². The maximum absolute atomic E-state index is 11.1. The van der Waals surface area contributed by atoms with Gasteiger partial charge >= 0.3 is 5.97 Å². The molecule has 1 fully saturated rings. The molecule has 0 saturated carbocycles. The minimum Gasteiger partial charge on any atom is -0.478 e. The van der Waals surface area contributed by atoms with Gasteiger partial charge in [0.1, 0.15) is 0 Å². The molecule has 0 aliphatic carbocycles. The first-order valence-corrected chi connectivity index (χ1v) is 8.52. The maximum atomic E-state index is 11.1. The van der Waals surface area contributed by atoms with Gasteiger partial charge in [-0.25, -0.2) is 4.79 Å². The summed E-state index contributed by atoms with van der Waals surface area (Å²) < 4.78 is 6.08. The highest BCUT2D eigenvalue weighted by Gasteiger charge is 2.39. The van der Waals surface area contributed by atoms with E-state index < -0.39 is 5.97 Å². The van der Waals surface area contributed by atoms with E-state index in [4.69, 9.17) is 21.4 Å². The third-order valence-corrected chi connectivity index (χ3v) is 5.18. The molecule has 5 heteroatoms. The number of rotatable bonds is 2. The van der Waals surface area contributed by atoms with Crippen molar-refractivity contribution in [2.75, 3.05) is 11.9 Å². The highest BCUT2D eigenvalue weighted by atomic mass is 35.5. The molecule has 2 aliphatic heterocycles. The van der Waals surface area contributed by atoms with E-state index in [1.165, 1.54) is 0 Å². The van der Waals surface area contributed by atoms with Crippen molar-refractivity contribution in [2.24, 2.45) is 5.92 Å². The van der Waals surface area contributed by atoms with Crippen LogP contribution in [0.2, 0.25) is 5.02 Å². The average Bonchev–Trinajstić information content (AvgIpc) is 2.61. The molecule has 2 aromatic carbocycles. The summed E-state index contributed by atoms with van der Waals surface area (Å²) in [6.45, 7) is 0.762. The molecular weight excluding hydrogens is 326 g/mol. The van der Waals surface area contributed by atoms with E-state index in [0.717, 1.165) is 36.3 Å². The van der Waals surface area contributed by atoms with Crippen LogP contribution < -0.4 is 5.32 Å². The summed E-state index contributed by atoms with van der Waals surface area (Å²) >= 11 is 6.17. The van der Waals surface area contributed by atoms with Crippen molar-refractivity contribution in [3.8, 4) is 0 Å². The number of anilines is 1. The first kappa shape index (κ1) is 15.5. The smallest absolute Gasteiger partial charge is 0.335 e. The predicted molar refractivity (Wildman–Crippen MR) is 92.6 cm³/mol. The quantitative estimate of drug-likeness (QED) is 0.831. The van der Waals surface area contributed by atoms with E-state index in [0.29, 0.717) is 16.5 Å². The van der Waals surface area contributed by atoms with Gasteiger partial charge in [0, 0.05) is 28.8 Å². The molecule has 0 aromatic heterocycles. The molecule has 4 nitrogen and oxygen atoms in total.